The molecule has 0 aliphatic heterocycles. The average molecular weight is 405 g/mol. The molecule has 0 saturated heterocycles. The van der Waals surface area contributed by atoms with Crippen molar-refractivity contribution in [1.29, 1.82) is 0 Å². The SMILES string of the molecule is C=Cc1c(N(C(=O)OC(C)(C)C)C(=O)OC(C)(C)C)cnc2ccc(Cl)cc12. The number of aromatic nitrogens is 1. The van der Waals surface area contributed by atoms with E-state index in [9.17, 15) is 9.59 Å². The van der Waals surface area contributed by atoms with E-state index in [1.807, 2.05) is 0 Å². The molecule has 7 heteroatoms. The molecule has 2 rings (SSSR count). The number of ether oxygens (including phenoxy) is 2. The van der Waals surface area contributed by atoms with Crippen molar-refractivity contribution in [3.63, 3.8) is 0 Å². The zero-order chi connectivity index (χ0) is 21.3. The van der Waals surface area contributed by atoms with Crippen LogP contribution in [0.3, 0.4) is 0 Å². The number of carbonyl (C=O) groups is 2. The highest BCUT2D eigenvalue weighted by Gasteiger charge is 2.34. The molecule has 150 valence electrons. The largest absolute Gasteiger partial charge is 0.443 e. The van der Waals surface area contributed by atoms with Gasteiger partial charge in [-0.3, -0.25) is 4.98 Å². The smallest absolute Gasteiger partial charge is 0.424 e. The second-order valence-electron chi connectivity index (χ2n) is 8.22. The van der Waals surface area contributed by atoms with Gasteiger partial charge in [0.2, 0.25) is 0 Å². The van der Waals surface area contributed by atoms with E-state index in [2.05, 4.69) is 11.6 Å². The van der Waals surface area contributed by atoms with Crippen molar-refractivity contribution >= 4 is 46.5 Å². The minimum absolute atomic E-state index is 0.202. The van der Waals surface area contributed by atoms with E-state index in [1.54, 1.807) is 59.7 Å². The summed E-state index contributed by atoms with van der Waals surface area (Å²) in [5.41, 5.74) is -0.243. The van der Waals surface area contributed by atoms with E-state index in [1.165, 1.54) is 12.3 Å². The van der Waals surface area contributed by atoms with Gasteiger partial charge in [-0.25, -0.2) is 9.59 Å². The number of amides is 2. The summed E-state index contributed by atoms with van der Waals surface area (Å²) in [7, 11) is 0. The molecule has 0 aliphatic carbocycles. The van der Waals surface area contributed by atoms with Gasteiger partial charge < -0.3 is 9.47 Å². The Balaban J connectivity index is 2.67. The lowest BCUT2D eigenvalue weighted by Gasteiger charge is -2.29. The maximum Gasteiger partial charge on any atom is 0.424 e. The molecule has 0 N–H and O–H groups in total. The molecule has 0 spiro atoms. The molecule has 0 aliphatic rings. The number of rotatable bonds is 2. The van der Waals surface area contributed by atoms with Gasteiger partial charge >= 0.3 is 12.2 Å². The third kappa shape index (κ3) is 5.23. The molecular weight excluding hydrogens is 380 g/mol. The summed E-state index contributed by atoms with van der Waals surface area (Å²) < 4.78 is 10.8. The predicted octanol–water partition coefficient (Wildman–Crippen LogP) is 6.21. The van der Waals surface area contributed by atoms with Crippen LogP contribution in [0.5, 0.6) is 0 Å². The van der Waals surface area contributed by atoms with Gasteiger partial charge in [0.05, 0.1) is 17.4 Å². The van der Waals surface area contributed by atoms with Crippen molar-refractivity contribution in [1.82, 2.24) is 4.98 Å². The molecule has 0 unspecified atom stereocenters. The van der Waals surface area contributed by atoms with E-state index in [4.69, 9.17) is 21.1 Å². The molecule has 1 heterocycles. The highest BCUT2D eigenvalue weighted by Crippen LogP contribution is 2.32. The van der Waals surface area contributed by atoms with Crippen LogP contribution in [-0.2, 0) is 9.47 Å². The minimum Gasteiger partial charge on any atom is -0.443 e. The fourth-order valence-corrected chi connectivity index (χ4v) is 2.63. The fourth-order valence-electron chi connectivity index (χ4n) is 2.45. The quantitative estimate of drug-likeness (QED) is 0.595. The third-order valence-electron chi connectivity index (χ3n) is 3.45. The minimum atomic E-state index is -0.868. The molecule has 1 aromatic heterocycles. The molecule has 0 bridgehead atoms. The standard InChI is InChI=1S/C21H25ClN2O4/c1-8-14-15-11-13(22)9-10-16(15)23-12-17(14)24(18(25)27-20(2,3)4)19(26)28-21(5,6)7/h8-12H,1H2,2-7H3. The van der Waals surface area contributed by atoms with Gasteiger partial charge in [-0.05, 0) is 59.7 Å². The number of imide groups is 1. The Bertz CT molecular complexity index is 898. The molecule has 1 aromatic carbocycles. The highest BCUT2D eigenvalue weighted by atomic mass is 35.5. The maximum atomic E-state index is 12.9. The summed E-state index contributed by atoms with van der Waals surface area (Å²) in [4.78, 5) is 30.9. The third-order valence-corrected chi connectivity index (χ3v) is 3.68. The number of anilines is 1. The summed E-state index contributed by atoms with van der Waals surface area (Å²) >= 11 is 6.12. The fraction of sp³-hybridized carbons (Fsp3) is 0.381. The second-order valence-corrected chi connectivity index (χ2v) is 8.66. The van der Waals surface area contributed by atoms with Gasteiger partial charge in [0.1, 0.15) is 11.2 Å². The molecular formula is C21H25ClN2O4. The van der Waals surface area contributed by atoms with Crippen LogP contribution in [0.1, 0.15) is 47.1 Å². The van der Waals surface area contributed by atoms with Crippen LogP contribution in [0.4, 0.5) is 15.3 Å². The van der Waals surface area contributed by atoms with Crippen LogP contribution < -0.4 is 4.90 Å². The average Bonchev–Trinajstić information content (AvgIpc) is 2.51. The van der Waals surface area contributed by atoms with Gasteiger partial charge in [-0.2, -0.15) is 4.90 Å². The number of pyridine rings is 1. The number of fused-ring (bicyclic) bond motifs is 1. The lowest BCUT2D eigenvalue weighted by Crippen LogP contribution is -2.44. The number of hydrogen-bond acceptors (Lipinski definition) is 5. The van der Waals surface area contributed by atoms with E-state index >= 15 is 0 Å². The summed E-state index contributed by atoms with van der Waals surface area (Å²) in [6.45, 7) is 14.1. The lowest BCUT2D eigenvalue weighted by atomic mass is 10.1. The van der Waals surface area contributed by atoms with Crippen LogP contribution in [-0.4, -0.2) is 28.4 Å². The Morgan fingerprint density at radius 1 is 1.07 bits per heavy atom. The number of halogens is 1. The molecule has 0 saturated carbocycles. The maximum absolute atomic E-state index is 12.9. The first kappa shape index (κ1) is 21.7. The second kappa shape index (κ2) is 7.80. The van der Waals surface area contributed by atoms with E-state index in [0.717, 1.165) is 4.90 Å². The first-order valence-electron chi connectivity index (χ1n) is 8.79. The Labute approximate surface area is 170 Å². The van der Waals surface area contributed by atoms with Crippen molar-refractivity contribution in [3.8, 4) is 0 Å². The Kier molecular flexibility index (Phi) is 6.04. The molecule has 2 aromatic rings. The van der Waals surface area contributed by atoms with Crippen LogP contribution in [0, 0.1) is 0 Å². The van der Waals surface area contributed by atoms with Crippen molar-refractivity contribution in [2.75, 3.05) is 4.90 Å². The topological polar surface area (TPSA) is 68.7 Å². The van der Waals surface area contributed by atoms with Gasteiger partial charge in [-0.15, -0.1) is 0 Å². The number of carbonyl (C=O) groups excluding carboxylic acids is 2. The number of benzene rings is 1. The van der Waals surface area contributed by atoms with Crippen LogP contribution in [0.25, 0.3) is 17.0 Å². The van der Waals surface area contributed by atoms with Gasteiger partial charge in [0, 0.05) is 16.0 Å². The zero-order valence-corrected chi connectivity index (χ0v) is 17.8. The Morgan fingerprint density at radius 2 is 1.61 bits per heavy atom. The van der Waals surface area contributed by atoms with E-state index in [-0.39, 0.29) is 5.69 Å². The van der Waals surface area contributed by atoms with Gasteiger partial charge in [0.15, 0.2) is 0 Å². The zero-order valence-electron chi connectivity index (χ0n) is 17.0. The summed E-state index contributed by atoms with van der Waals surface area (Å²) in [6.07, 6.45) is 1.22. The van der Waals surface area contributed by atoms with Crippen LogP contribution in [0.2, 0.25) is 5.02 Å². The summed E-state index contributed by atoms with van der Waals surface area (Å²) in [6, 6.07) is 5.16. The van der Waals surface area contributed by atoms with Crippen LogP contribution >= 0.6 is 11.6 Å². The van der Waals surface area contributed by atoms with Crippen molar-refractivity contribution < 1.29 is 19.1 Å². The molecule has 0 radical (unpaired) electrons. The first-order chi connectivity index (χ1) is 12.8. The molecule has 0 atom stereocenters. The Morgan fingerprint density at radius 3 is 2.07 bits per heavy atom. The molecule has 2 amide bonds. The summed E-state index contributed by atoms with van der Waals surface area (Å²) in [5, 5.41) is 1.15. The van der Waals surface area contributed by atoms with Crippen molar-refractivity contribution in [2.24, 2.45) is 0 Å². The van der Waals surface area contributed by atoms with Gasteiger partial charge in [0.25, 0.3) is 0 Å². The van der Waals surface area contributed by atoms with E-state index in [0.29, 0.717) is 21.5 Å². The lowest BCUT2D eigenvalue weighted by molar-refractivity contribution is 0.0430. The monoisotopic (exact) mass is 404 g/mol. The predicted molar refractivity (Wildman–Crippen MR) is 112 cm³/mol. The summed E-state index contributed by atoms with van der Waals surface area (Å²) in [5.74, 6) is 0. The first-order valence-corrected chi connectivity index (χ1v) is 9.17. The van der Waals surface area contributed by atoms with Gasteiger partial charge in [-0.1, -0.05) is 24.3 Å². The van der Waals surface area contributed by atoms with Crippen LogP contribution in [0.15, 0.2) is 31.0 Å². The normalized spacial score (nSPS) is 11.8. The highest BCUT2D eigenvalue weighted by molar-refractivity contribution is 6.31. The van der Waals surface area contributed by atoms with Crippen molar-refractivity contribution in [2.45, 2.75) is 52.7 Å². The molecule has 28 heavy (non-hydrogen) atoms. The Hall–Kier alpha value is -2.60. The van der Waals surface area contributed by atoms with E-state index < -0.39 is 23.4 Å². The molecule has 0 fully saturated rings. The molecule has 6 nitrogen and oxygen atoms in total. The van der Waals surface area contributed by atoms with Crippen molar-refractivity contribution in [3.05, 3.63) is 41.6 Å². The number of nitrogens with zero attached hydrogens (tertiary/aromatic N) is 2. The number of hydrogen-bond donors (Lipinski definition) is 0.